The molecule has 46 heavy (non-hydrogen) atoms. The summed E-state index contributed by atoms with van der Waals surface area (Å²) in [6.07, 6.45) is 31.4. The lowest BCUT2D eigenvalue weighted by Gasteiger charge is -2.32. The summed E-state index contributed by atoms with van der Waals surface area (Å²) in [6.45, 7) is 4.60. The lowest BCUT2D eigenvalue weighted by Crippen LogP contribution is -2.34. The molecular formula is C42H42N4. The Morgan fingerprint density at radius 2 is 1.43 bits per heavy atom. The van der Waals surface area contributed by atoms with E-state index >= 15 is 0 Å². The predicted molar refractivity (Wildman–Crippen MR) is 193 cm³/mol. The fraction of sp³-hybridized carbons (Fsp3) is 0.286. The van der Waals surface area contributed by atoms with Crippen LogP contribution < -0.4 is 20.4 Å². The zero-order valence-electron chi connectivity index (χ0n) is 26.9. The van der Waals surface area contributed by atoms with Crippen LogP contribution in [0.25, 0.3) is 21.5 Å². The van der Waals surface area contributed by atoms with Gasteiger partial charge in [0.1, 0.15) is 12.3 Å². The van der Waals surface area contributed by atoms with Crippen molar-refractivity contribution >= 4 is 32.9 Å². The van der Waals surface area contributed by atoms with E-state index in [-0.39, 0.29) is 18.2 Å². The summed E-state index contributed by atoms with van der Waals surface area (Å²) in [5, 5.41) is 13.0. The van der Waals surface area contributed by atoms with Gasteiger partial charge in [-0.1, -0.05) is 72.9 Å². The Morgan fingerprint density at radius 1 is 0.696 bits per heavy atom. The van der Waals surface area contributed by atoms with Crippen molar-refractivity contribution in [3.63, 3.8) is 0 Å². The Kier molecular flexibility index (Phi) is 6.59. The molecule has 3 aromatic carbocycles. The number of allylic oxidation sites excluding steroid dienone is 14. The van der Waals surface area contributed by atoms with Crippen molar-refractivity contribution in [2.24, 2.45) is 0 Å². The van der Waals surface area contributed by atoms with E-state index in [1.807, 2.05) is 0 Å². The molecule has 230 valence electrons. The number of hydrogen-bond acceptors (Lipinski definition) is 4. The Hall–Kier alpha value is -4.70. The highest BCUT2D eigenvalue weighted by Crippen LogP contribution is 2.49. The van der Waals surface area contributed by atoms with E-state index in [1.165, 1.54) is 72.4 Å². The standard InChI is InChI=1S/C42H42N4/c1-27-43-36-20-8-10-22-40(36)45(27)38-24-12-18-32-34(38)26-35-33(42(32)31-17-7-6-16-30(31)29-14-4-3-5-15-29)19-13-25-39(35)46-28(2)44-37-21-9-11-23-41(37)46/h4,6-8,11-16,18-20,23-28,31,43-44H,3,5,9-10,17,21-22H2,1-2H3. The maximum absolute atomic E-state index is 3.82. The van der Waals surface area contributed by atoms with Crippen LogP contribution in [0.3, 0.4) is 0 Å². The van der Waals surface area contributed by atoms with Gasteiger partial charge in [0.15, 0.2) is 0 Å². The highest BCUT2D eigenvalue weighted by atomic mass is 15.3. The highest BCUT2D eigenvalue weighted by molar-refractivity contribution is 6.12. The Morgan fingerprint density at radius 3 is 2.24 bits per heavy atom. The number of fused-ring (bicyclic) bond motifs is 2. The molecule has 0 saturated heterocycles. The topological polar surface area (TPSA) is 30.5 Å². The van der Waals surface area contributed by atoms with E-state index in [9.17, 15) is 0 Å². The van der Waals surface area contributed by atoms with E-state index in [2.05, 4.69) is 138 Å². The molecule has 0 radical (unpaired) electrons. The number of benzene rings is 3. The van der Waals surface area contributed by atoms with Crippen molar-refractivity contribution in [3.05, 3.63) is 143 Å². The van der Waals surface area contributed by atoms with Gasteiger partial charge in [-0.05, 0) is 117 Å². The summed E-state index contributed by atoms with van der Waals surface area (Å²) >= 11 is 0. The average molecular weight is 603 g/mol. The monoisotopic (exact) mass is 602 g/mol. The fourth-order valence-electron chi connectivity index (χ4n) is 8.79. The van der Waals surface area contributed by atoms with Crippen molar-refractivity contribution in [2.75, 3.05) is 9.80 Å². The first kappa shape index (κ1) is 27.6. The van der Waals surface area contributed by atoms with Gasteiger partial charge in [0.05, 0.1) is 22.8 Å². The Balaban J connectivity index is 1.33. The molecule has 2 aliphatic heterocycles. The molecule has 2 heterocycles. The van der Waals surface area contributed by atoms with Gasteiger partial charge < -0.3 is 20.4 Å². The number of hydrogen-bond donors (Lipinski definition) is 2. The second-order valence-electron chi connectivity index (χ2n) is 13.5. The van der Waals surface area contributed by atoms with Crippen LogP contribution in [0.5, 0.6) is 0 Å². The van der Waals surface area contributed by atoms with Crippen molar-refractivity contribution in [1.29, 1.82) is 0 Å². The van der Waals surface area contributed by atoms with E-state index in [0.29, 0.717) is 0 Å². The summed E-state index contributed by atoms with van der Waals surface area (Å²) in [5.41, 5.74) is 12.2. The second kappa shape index (κ2) is 11.0. The average Bonchev–Trinajstić information content (AvgIpc) is 3.62. The van der Waals surface area contributed by atoms with E-state index in [4.69, 9.17) is 0 Å². The molecule has 0 saturated carbocycles. The Labute approximate surface area is 272 Å². The molecule has 4 nitrogen and oxygen atoms in total. The molecule has 0 fully saturated rings. The lowest BCUT2D eigenvalue weighted by atomic mass is 9.76. The van der Waals surface area contributed by atoms with Gasteiger partial charge in [-0.2, -0.15) is 0 Å². The molecule has 0 bridgehead atoms. The SMILES string of the molecule is CC1NC2=C(C=CCC2)N1c1cccc2c(C3CC=CC=C3C3=CCCC=C3)c3cccc(N4C5=C(C=CCC5)NC4C)c3cc12. The minimum Gasteiger partial charge on any atom is -0.367 e. The number of anilines is 2. The van der Waals surface area contributed by atoms with E-state index in [0.717, 1.165) is 44.9 Å². The molecule has 0 spiro atoms. The van der Waals surface area contributed by atoms with Crippen LogP contribution in [0.1, 0.15) is 70.3 Å². The number of rotatable bonds is 4. The van der Waals surface area contributed by atoms with Crippen molar-refractivity contribution < 1.29 is 0 Å². The first-order valence-electron chi connectivity index (χ1n) is 17.3. The van der Waals surface area contributed by atoms with Crippen LogP contribution >= 0.6 is 0 Å². The van der Waals surface area contributed by atoms with Gasteiger partial charge in [-0.3, -0.25) is 0 Å². The Bertz CT molecular complexity index is 2030. The maximum Gasteiger partial charge on any atom is 0.101 e. The molecule has 0 aromatic heterocycles. The third-order valence-corrected chi connectivity index (χ3v) is 10.8. The molecule has 3 unspecified atom stereocenters. The molecule has 9 rings (SSSR count). The summed E-state index contributed by atoms with van der Waals surface area (Å²) in [6, 6.07) is 16.6. The highest BCUT2D eigenvalue weighted by Gasteiger charge is 2.34. The van der Waals surface area contributed by atoms with Gasteiger partial charge in [-0.25, -0.2) is 0 Å². The summed E-state index contributed by atoms with van der Waals surface area (Å²) in [7, 11) is 0. The molecule has 4 aliphatic carbocycles. The van der Waals surface area contributed by atoms with Gasteiger partial charge >= 0.3 is 0 Å². The molecular weight excluding hydrogens is 560 g/mol. The van der Waals surface area contributed by atoms with Crippen LogP contribution in [-0.4, -0.2) is 12.3 Å². The quantitative estimate of drug-likeness (QED) is 0.291. The minimum absolute atomic E-state index is 0.196. The zero-order valence-corrected chi connectivity index (χ0v) is 26.9. The van der Waals surface area contributed by atoms with Gasteiger partial charge in [-0.15, -0.1) is 0 Å². The van der Waals surface area contributed by atoms with Crippen LogP contribution in [0.2, 0.25) is 0 Å². The summed E-state index contributed by atoms with van der Waals surface area (Å²) in [5.74, 6) is 0.274. The molecule has 0 amide bonds. The van der Waals surface area contributed by atoms with Crippen LogP contribution in [0.4, 0.5) is 11.4 Å². The van der Waals surface area contributed by atoms with Gasteiger partial charge in [0.25, 0.3) is 0 Å². The third kappa shape index (κ3) is 4.26. The maximum atomic E-state index is 3.82. The molecule has 6 aliphatic rings. The largest absolute Gasteiger partial charge is 0.367 e. The van der Waals surface area contributed by atoms with Crippen LogP contribution in [-0.2, 0) is 0 Å². The van der Waals surface area contributed by atoms with Crippen molar-refractivity contribution in [1.82, 2.24) is 10.6 Å². The van der Waals surface area contributed by atoms with E-state index in [1.54, 1.807) is 0 Å². The van der Waals surface area contributed by atoms with Gasteiger partial charge in [0.2, 0.25) is 0 Å². The normalized spacial score (nSPS) is 25.2. The molecule has 3 atom stereocenters. The molecule has 4 heteroatoms. The van der Waals surface area contributed by atoms with Gasteiger partial charge in [0, 0.05) is 28.1 Å². The van der Waals surface area contributed by atoms with Crippen LogP contribution in [0, 0.1) is 0 Å². The fourth-order valence-corrected chi connectivity index (χ4v) is 8.79. The van der Waals surface area contributed by atoms with Crippen LogP contribution in [0.15, 0.2) is 137 Å². The lowest BCUT2D eigenvalue weighted by molar-refractivity contribution is 0.651. The summed E-state index contributed by atoms with van der Waals surface area (Å²) in [4.78, 5) is 5.12. The zero-order chi connectivity index (χ0) is 30.8. The first-order chi connectivity index (χ1) is 22.7. The smallest absolute Gasteiger partial charge is 0.101 e. The third-order valence-electron chi connectivity index (χ3n) is 10.8. The van der Waals surface area contributed by atoms with Crippen molar-refractivity contribution in [3.8, 4) is 0 Å². The second-order valence-corrected chi connectivity index (χ2v) is 13.5. The molecule has 2 N–H and O–H groups in total. The molecule has 3 aromatic rings. The van der Waals surface area contributed by atoms with Crippen molar-refractivity contribution in [2.45, 2.75) is 77.0 Å². The first-order valence-corrected chi connectivity index (χ1v) is 17.3. The predicted octanol–water partition coefficient (Wildman–Crippen LogP) is 9.87. The number of nitrogens with one attached hydrogen (secondary N) is 2. The number of nitrogens with zero attached hydrogens (tertiary/aromatic N) is 2. The summed E-state index contributed by atoms with van der Waals surface area (Å²) < 4.78 is 0. The minimum atomic E-state index is 0.196. The van der Waals surface area contributed by atoms with E-state index < -0.39 is 0 Å².